The van der Waals surface area contributed by atoms with E-state index >= 15 is 0 Å². The number of methoxy groups -OCH3 is 1. The predicted molar refractivity (Wildman–Crippen MR) is 125 cm³/mol. The van der Waals surface area contributed by atoms with Gasteiger partial charge < -0.3 is 19.5 Å². The molecule has 1 N–H and O–H groups in total. The minimum atomic E-state index is -0.532. The van der Waals surface area contributed by atoms with Crippen LogP contribution in [0.5, 0.6) is 5.75 Å². The van der Waals surface area contributed by atoms with Crippen LogP contribution in [0.15, 0.2) is 42.5 Å². The van der Waals surface area contributed by atoms with Gasteiger partial charge in [-0.25, -0.2) is 4.39 Å². The van der Waals surface area contributed by atoms with E-state index in [0.29, 0.717) is 28.5 Å². The molecule has 2 amide bonds. The van der Waals surface area contributed by atoms with Gasteiger partial charge in [0.05, 0.1) is 24.3 Å². The third kappa shape index (κ3) is 4.13. The molecule has 0 bridgehead atoms. The van der Waals surface area contributed by atoms with E-state index in [1.165, 1.54) is 12.1 Å². The molecule has 2 aromatic carbocycles. The first-order chi connectivity index (χ1) is 16.5. The van der Waals surface area contributed by atoms with Crippen LogP contribution < -0.4 is 15.0 Å². The zero-order valence-electron chi connectivity index (χ0n) is 19.0. The monoisotopic (exact) mass is 463 g/mol. The van der Waals surface area contributed by atoms with Gasteiger partial charge in [-0.05, 0) is 43.2 Å². The van der Waals surface area contributed by atoms with Gasteiger partial charge in [0, 0.05) is 31.6 Å². The highest BCUT2D eigenvalue weighted by Gasteiger charge is 2.36. The molecule has 2 aliphatic heterocycles. The van der Waals surface area contributed by atoms with Gasteiger partial charge in [-0.15, -0.1) is 10.2 Å². The summed E-state index contributed by atoms with van der Waals surface area (Å²) in [6, 6.07) is 11.7. The average molecular weight is 464 g/mol. The SMILES string of the molecule is COc1ccccc1N1CC(C(=O)Nc2ccc(F)c(-c3nnc4n3CCCCC4)c2)CC1=O. The Kier molecular flexibility index (Phi) is 6.00. The van der Waals surface area contributed by atoms with Crippen molar-refractivity contribution in [2.45, 2.75) is 38.6 Å². The molecule has 0 aliphatic carbocycles. The molecule has 5 rings (SSSR count). The molecule has 0 spiro atoms. The standard InChI is InChI=1S/C25H26FN5O3/c1-34-21-8-5-4-7-20(21)31-15-16(13-23(31)32)25(33)27-17-10-11-19(26)18(14-17)24-29-28-22-9-3-2-6-12-30(22)24/h4-5,7-8,10-11,14,16H,2-3,6,9,12-13,15H2,1H3,(H,27,33). The van der Waals surface area contributed by atoms with E-state index in [1.807, 2.05) is 16.7 Å². The highest BCUT2D eigenvalue weighted by atomic mass is 19.1. The molecule has 34 heavy (non-hydrogen) atoms. The molecule has 1 atom stereocenters. The van der Waals surface area contributed by atoms with E-state index in [1.54, 1.807) is 30.2 Å². The summed E-state index contributed by atoms with van der Waals surface area (Å²) < 4.78 is 22.1. The molecule has 1 aromatic heterocycles. The number of rotatable bonds is 5. The number of halogens is 1. The molecule has 1 saturated heterocycles. The number of nitrogens with one attached hydrogen (secondary N) is 1. The lowest BCUT2D eigenvalue weighted by molar-refractivity contribution is -0.122. The molecule has 8 nitrogen and oxygen atoms in total. The number of benzene rings is 2. The van der Waals surface area contributed by atoms with Crippen LogP contribution in [-0.2, 0) is 22.6 Å². The lowest BCUT2D eigenvalue weighted by Crippen LogP contribution is -2.28. The Morgan fingerprint density at radius 2 is 2.00 bits per heavy atom. The normalized spacial score (nSPS) is 17.9. The number of amides is 2. The molecular formula is C25H26FN5O3. The van der Waals surface area contributed by atoms with Gasteiger partial charge in [-0.1, -0.05) is 18.6 Å². The predicted octanol–water partition coefficient (Wildman–Crippen LogP) is 3.81. The zero-order chi connectivity index (χ0) is 23.7. The van der Waals surface area contributed by atoms with Gasteiger partial charge >= 0.3 is 0 Å². The van der Waals surface area contributed by atoms with Gasteiger partial charge in [-0.2, -0.15) is 0 Å². The van der Waals surface area contributed by atoms with Gasteiger partial charge in [0.15, 0.2) is 5.82 Å². The molecule has 176 valence electrons. The van der Waals surface area contributed by atoms with E-state index in [4.69, 9.17) is 4.74 Å². The first kappa shape index (κ1) is 22.1. The Morgan fingerprint density at radius 3 is 2.85 bits per heavy atom. The van der Waals surface area contributed by atoms with Crippen LogP contribution >= 0.6 is 0 Å². The van der Waals surface area contributed by atoms with Crippen LogP contribution in [-0.4, -0.2) is 40.2 Å². The third-order valence-corrected chi connectivity index (χ3v) is 6.46. The Hall–Kier alpha value is -3.75. The largest absolute Gasteiger partial charge is 0.495 e. The molecule has 0 saturated carbocycles. The lowest BCUT2D eigenvalue weighted by Gasteiger charge is -2.19. The van der Waals surface area contributed by atoms with Crippen LogP contribution in [0, 0.1) is 11.7 Å². The second-order valence-corrected chi connectivity index (χ2v) is 8.66. The van der Waals surface area contributed by atoms with Crippen LogP contribution in [0.1, 0.15) is 31.5 Å². The summed E-state index contributed by atoms with van der Waals surface area (Å²) in [6.07, 6.45) is 4.06. The van der Waals surface area contributed by atoms with Crippen LogP contribution in [0.3, 0.4) is 0 Å². The van der Waals surface area contributed by atoms with E-state index < -0.39 is 11.7 Å². The van der Waals surface area contributed by atoms with Crippen molar-refractivity contribution in [1.82, 2.24) is 14.8 Å². The number of aryl methyl sites for hydroxylation is 1. The van der Waals surface area contributed by atoms with E-state index in [9.17, 15) is 14.0 Å². The number of ether oxygens (including phenoxy) is 1. The average Bonchev–Trinajstić information content (AvgIpc) is 3.35. The fraction of sp³-hybridized carbons (Fsp3) is 0.360. The van der Waals surface area contributed by atoms with Gasteiger partial charge in [-0.3, -0.25) is 9.59 Å². The Labute approximate surface area is 196 Å². The Bertz CT molecular complexity index is 1240. The van der Waals surface area contributed by atoms with Gasteiger partial charge in [0.1, 0.15) is 17.4 Å². The van der Waals surface area contributed by atoms with Crippen LogP contribution in [0.2, 0.25) is 0 Å². The fourth-order valence-corrected chi connectivity index (χ4v) is 4.67. The quantitative estimate of drug-likeness (QED) is 0.622. The number of fused-ring (bicyclic) bond motifs is 1. The number of para-hydroxylation sites is 2. The van der Waals surface area contributed by atoms with Crippen molar-refractivity contribution >= 4 is 23.2 Å². The summed E-state index contributed by atoms with van der Waals surface area (Å²) in [7, 11) is 1.55. The minimum absolute atomic E-state index is 0.0929. The van der Waals surface area contributed by atoms with Crippen molar-refractivity contribution < 1.29 is 18.7 Å². The zero-order valence-corrected chi connectivity index (χ0v) is 19.0. The molecule has 3 heterocycles. The molecule has 1 unspecified atom stereocenters. The third-order valence-electron chi connectivity index (χ3n) is 6.46. The van der Waals surface area contributed by atoms with Gasteiger partial charge in [0.2, 0.25) is 11.8 Å². The Morgan fingerprint density at radius 1 is 1.15 bits per heavy atom. The van der Waals surface area contributed by atoms with Crippen molar-refractivity contribution in [2.24, 2.45) is 5.92 Å². The number of aromatic nitrogens is 3. The second-order valence-electron chi connectivity index (χ2n) is 8.66. The summed E-state index contributed by atoms with van der Waals surface area (Å²) in [4.78, 5) is 27.2. The smallest absolute Gasteiger partial charge is 0.229 e. The Balaban J connectivity index is 1.34. The lowest BCUT2D eigenvalue weighted by atomic mass is 10.1. The first-order valence-electron chi connectivity index (χ1n) is 11.5. The number of nitrogens with zero attached hydrogens (tertiary/aromatic N) is 4. The van der Waals surface area contributed by atoms with Crippen molar-refractivity contribution in [3.05, 3.63) is 54.1 Å². The second kappa shape index (κ2) is 9.24. The molecular weight excluding hydrogens is 437 g/mol. The summed E-state index contributed by atoms with van der Waals surface area (Å²) in [5.41, 5.74) is 1.40. The van der Waals surface area contributed by atoms with Crippen molar-refractivity contribution in [1.29, 1.82) is 0 Å². The summed E-state index contributed by atoms with van der Waals surface area (Å²) >= 11 is 0. The van der Waals surface area contributed by atoms with Gasteiger partial charge in [0.25, 0.3) is 0 Å². The number of carbonyl (C=O) groups is 2. The van der Waals surface area contributed by atoms with E-state index in [2.05, 4.69) is 15.5 Å². The molecule has 1 fully saturated rings. The minimum Gasteiger partial charge on any atom is -0.495 e. The summed E-state index contributed by atoms with van der Waals surface area (Å²) in [6.45, 7) is 0.993. The maximum absolute atomic E-state index is 14.7. The highest BCUT2D eigenvalue weighted by molar-refractivity contribution is 6.04. The maximum atomic E-state index is 14.7. The maximum Gasteiger partial charge on any atom is 0.229 e. The first-order valence-corrected chi connectivity index (χ1v) is 11.5. The van der Waals surface area contributed by atoms with Crippen LogP contribution in [0.4, 0.5) is 15.8 Å². The molecule has 3 aromatic rings. The van der Waals surface area contributed by atoms with Crippen LogP contribution in [0.25, 0.3) is 11.4 Å². The number of hydrogen-bond acceptors (Lipinski definition) is 5. The number of anilines is 2. The van der Waals surface area contributed by atoms with Crippen molar-refractivity contribution in [3.63, 3.8) is 0 Å². The number of hydrogen-bond donors (Lipinski definition) is 1. The van der Waals surface area contributed by atoms with Crippen molar-refractivity contribution in [3.8, 4) is 17.1 Å². The highest BCUT2D eigenvalue weighted by Crippen LogP contribution is 2.33. The number of carbonyl (C=O) groups excluding carboxylic acids is 2. The molecule has 2 aliphatic rings. The summed E-state index contributed by atoms with van der Waals surface area (Å²) in [5, 5.41) is 11.3. The topological polar surface area (TPSA) is 89.3 Å². The van der Waals surface area contributed by atoms with Crippen molar-refractivity contribution in [2.75, 3.05) is 23.9 Å². The molecule has 0 radical (unpaired) electrons. The van der Waals surface area contributed by atoms with E-state index in [0.717, 1.165) is 38.1 Å². The summed E-state index contributed by atoms with van der Waals surface area (Å²) in [5.74, 6) is 0.531. The molecule has 9 heteroatoms. The van der Waals surface area contributed by atoms with E-state index in [-0.39, 0.29) is 24.8 Å². The fourth-order valence-electron chi connectivity index (χ4n) is 4.67.